The van der Waals surface area contributed by atoms with Crippen molar-refractivity contribution in [2.24, 2.45) is 0 Å². The summed E-state index contributed by atoms with van der Waals surface area (Å²) in [6.45, 7) is 3.50. The topological polar surface area (TPSA) is 26.3 Å². The lowest BCUT2D eigenvalue weighted by Crippen LogP contribution is -1.95. The first kappa shape index (κ1) is 11.3. The van der Waals surface area contributed by atoms with Gasteiger partial charge in [-0.25, -0.2) is 0 Å². The molecule has 0 aliphatic carbocycles. The van der Waals surface area contributed by atoms with Crippen LogP contribution in [0.5, 0.6) is 0 Å². The molecule has 0 aliphatic rings. The molecule has 0 unspecified atom stereocenters. The Bertz CT molecular complexity index is 286. The van der Waals surface area contributed by atoms with Crippen molar-refractivity contribution in [3.05, 3.63) is 29.8 Å². The van der Waals surface area contributed by atoms with E-state index in [1.54, 1.807) is 17.8 Å². The molecule has 3 heteroatoms. The standard InChI is InChI=1S/C11H14O2S/c1-2-13-6-7-14-11-5-3-4-10(8-11)9-12/h3-5,8-9H,2,6-7H2,1H3. The van der Waals surface area contributed by atoms with E-state index in [0.29, 0.717) is 0 Å². The molecule has 1 aromatic rings. The second-order valence-corrected chi connectivity index (χ2v) is 3.90. The molecule has 0 spiro atoms. The highest BCUT2D eigenvalue weighted by atomic mass is 32.2. The van der Waals surface area contributed by atoms with Crippen LogP contribution in [0.1, 0.15) is 17.3 Å². The fraction of sp³-hybridized carbons (Fsp3) is 0.364. The smallest absolute Gasteiger partial charge is 0.150 e. The first-order valence-corrected chi connectivity index (χ1v) is 5.61. The maximum Gasteiger partial charge on any atom is 0.150 e. The zero-order chi connectivity index (χ0) is 10.2. The molecule has 0 radical (unpaired) electrons. The Balaban J connectivity index is 2.38. The van der Waals surface area contributed by atoms with Crippen molar-refractivity contribution in [1.82, 2.24) is 0 Å². The van der Waals surface area contributed by atoms with Gasteiger partial charge in [0.05, 0.1) is 6.61 Å². The number of ether oxygens (including phenoxy) is 1. The van der Waals surface area contributed by atoms with Gasteiger partial charge in [0.15, 0.2) is 0 Å². The van der Waals surface area contributed by atoms with E-state index >= 15 is 0 Å². The summed E-state index contributed by atoms with van der Waals surface area (Å²) in [5, 5.41) is 0. The summed E-state index contributed by atoms with van der Waals surface area (Å²) in [5.74, 6) is 0.927. The van der Waals surface area contributed by atoms with Crippen molar-refractivity contribution in [1.29, 1.82) is 0 Å². The molecular formula is C11H14O2S. The van der Waals surface area contributed by atoms with Gasteiger partial charge in [-0.3, -0.25) is 4.79 Å². The second kappa shape index (κ2) is 6.62. The molecule has 14 heavy (non-hydrogen) atoms. The molecule has 0 aromatic heterocycles. The number of thioether (sulfide) groups is 1. The van der Waals surface area contributed by atoms with Crippen LogP contribution < -0.4 is 0 Å². The van der Waals surface area contributed by atoms with Crippen molar-refractivity contribution >= 4 is 18.0 Å². The Kier molecular flexibility index (Phi) is 5.33. The van der Waals surface area contributed by atoms with Crippen LogP contribution in [0.15, 0.2) is 29.2 Å². The summed E-state index contributed by atoms with van der Waals surface area (Å²) in [6, 6.07) is 7.60. The monoisotopic (exact) mass is 210 g/mol. The van der Waals surface area contributed by atoms with E-state index in [1.807, 2.05) is 25.1 Å². The fourth-order valence-corrected chi connectivity index (χ4v) is 1.87. The molecule has 2 nitrogen and oxygen atoms in total. The highest BCUT2D eigenvalue weighted by Gasteiger charge is 1.95. The summed E-state index contributed by atoms with van der Waals surface area (Å²) in [7, 11) is 0. The number of benzene rings is 1. The minimum absolute atomic E-state index is 0.728. The molecule has 0 bridgehead atoms. The third-order valence-corrected chi connectivity index (χ3v) is 2.65. The average molecular weight is 210 g/mol. The van der Waals surface area contributed by atoms with E-state index in [4.69, 9.17) is 4.74 Å². The molecule has 1 rings (SSSR count). The van der Waals surface area contributed by atoms with Crippen molar-refractivity contribution in [2.45, 2.75) is 11.8 Å². The predicted octanol–water partition coefficient (Wildman–Crippen LogP) is 2.63. The van der Waals surface area contributed by atoms with E-state index in [2.05, 4.69) is 0 Å². The highest BCUT2D eigenvalue weighted by molar-refractivity contribution is 7.99. The van der Waals surface area contributed by atoms with Crippen LogP contribution in [0.25, 0.3) is 0 Å². The minimum atomic E-state index is 0.728. The molecule has 0 N–H and O–H groups in total. The molecule has 0 saturated carbocycles. The third kappa shape index (κ3) is 3.94. The van der Waals surface area contributed by atoms with Crippen LogP contribution in [0.4, 0.5) is 0 Å². The SMILES string of the molecule is CCOCCSc1cccc(C=O)c1. The molecule has 0 heterocycles. The van der Waals surface area contributed by atoms with Crippen LogP contribution >= 0.6 is 11.8 Å². The number of hydrogen-bond acceptors (Lipinski definition) is 3. The van der Waals surface area contributed by atoms with Crippen molar-refractivity contribution < 1.29 is 9.53 Å². The molecule has 0 saturated heterocycles. The van der Waals surface area contributed by atoms with Gasteiger partial charge in [-0.1, -0.05) is 12.1 Å². The third-order valence-electron chi connectivity index (χ3n) is 1.69. The Morgan fingerprint density at radius 3 is 3.07 bits per heavy atom. The Morgan fingerprint density at radius 2 is 2.36 bits per heavy atom. The zero-order valence-corrected chi connectivity index (χ0v) is 9.05. The van der Waals surface area contributed by atoms with Crippen LogP contribution in [0.3, 0.4) is 0 Å². The quantitative estimate of drug-likeness (QED) is 0.410. The zero-order valence-electron chi connectivity index (χ0n) is 8.23. The van der Waals surface area contributed by atoms with Gasteiger partial charge in [0.1, 0.15) is 6.29 Å². The van der Waals surface area contributed by atoms with Crippen LogP contribution in [-0.2, 0) is 4.74 Å². The predicted molar refractivity (Wildman–Crippen MR) is 59.0 cm³/mol. The molecular weight excluding hydrogens is 196 g/mol. The maximum atomic E-state index is 10.5. The van der Waals surface area contributed by atoms with E-state index in [9.17, 15) is 4.79 Å². The highest BCUT2D eigenvalue weighted by Crippen LogP contribution is 2.18. The number of aldehydes is 1. The normalized spacial score (nSPS) is 10.1. The fourth-order valence-electron chi connectivity index (χ4n) is 1.04. The molecule has 0 aliphatic heterocycles. The maximum absolute atomic E-state index is 10.5. The number of hydrogen-bond donors (Lipinski definition) is 0. The molecule has 0 atom stereocenters. The Morgan fingerprint density at radius 1 is 1.50 bits per heavy atom. The van der Waals surface area contributed by atoms with E-state index < -0.39 is 0 Å². The summed E-state index contributed by atoms with van der Waals surface area (Å²) >= 11 is 1.71. The van der Waals surface area contributed by atoms with Gasteiger partial charge in [0, 0.05) is 22.8 Å². The summed E-state index contributed by atoms with van der Waals surface area (Å²) in [6.07, 6.45) is 0.868. The average Bonchev–Trinajstić information content (AvgIpc) is 2.25. The minimum Gasteiger partial charge on any atom is -0.381 e. The van der Waals surface area contributed by atoms with Gasteiger partial charge >= 0.3 is 0 Å². The molecule has 76 valence electrons. The van der Waals surface area contributed by atoms with Crippen molar-refractivity contribution in [3.63, 3.8) is 0 Å². The lowest BCUT2D eigenvalue weighted by atomic mass is 10.2. The van der Waals surface area contributed by atoms with Crippen LogP contribution in [0.2, 0.25) is 0 Å². The van der Waals surface area contributed by atoms with E-state index in [-0.39, 0.29) is 0 Å². The van der Waals surface area contributed by atoms with Crippen molar-refractivity contribution in [3.8, 4) is 0 Å². The van der Waals surface area contributed by atoms with Gasteiger partial charge in [-0.2, -0.15) is 0 Å². The lowest BCUT2D eigenvalue weighted by Gasteiger charge is -2.02. The summed E-state index contributed by atoms with van der Waals surface area (Å²) in [5.41, 5.74) is 0.728. The number of carbonyl (C=O) groups is 1. The summed E-state index contributed by atoms with van der Waals surface area (Å²) in [4.78, 5) is 11.6. The molecule has 1 aromatic carbocycles. The second-order valence-electron chi connectivity index (χ2n) is 2.74. The molecule has 0 amide bonds. The van der Waals surface area contributed by atoms with Gasteiger partial charge < -0.3 is 4.74 Å². The number of rotatable bonds is 6. The van der Waals surface area contributed by atoms with E-state index in [0.717, 1.165) is 35.7 Å². The Labute approximate surface area is 88.7 Å². The van der Waals surface area contributed by atoms with Gasteiger partial charge in [0.2, 0.25) is 0 Å². The Hall–Kier alpha value is -0.800. The number of carbonyl (C=O) groups excluding carboxylic acids is 1. The first-order chi connectivity index (χ1) is 6.86. The molecule has 0 fully saturated rings. The lowest BCUT2D eigenvalue weighted by molar-refractivity contribution is 0.112. The van der Waals surface area contributed by atoms with E-state index in [1.165, 1.54) is 0 Å². The van der Waals surface area contributed by atoms with Crippen LogP contribution in [-0.4, -0.2) is 25.3 Å². The largest absolute Gasteiger partial charge is 0.381 e. The van der Waals surface area contributed by atoms with Crippen molar-refractivity contribution in [2.75, 3.05) is 19.0 Å². The van der Waals surface area contributed by atoms with Gasteiger partial charge in [-0.15, -0.1) is 11.8 Å². The summed E-state index contributed by atoms with van der Waals surface area (Å²) < 4.78 is 5.22. The van der Waals surface area contributed by atoms with Crippen LogP contribution in [0, 0.1) is 0 Å². The first-order valence-electron chi connectivity index (χ1n) is 4.62. The van der Waals surface area contributed by atoms with Gasteiger partial charge in [0.25, 0.3) is 0 Å². The van der Waals surface area contributed by atoms with Gasteiger partial charge in [-0.05, 0) is 19.1 Å².